The van der Waals surface area contributed by atoms with Crippen molar-refractivity contribution in [1.29, 1.82) is 0 Å². The van der Waals surface area contributed by atoms with Crippen LogP contribution in [0.3, 0.4) is 0 Å². The highest BCUT2D eigenvalue weighted by Crippen LogP contribution is 2.40. The first-order valence-corrected chi connectivity index (χ1v) is 7.64. The molecule has 18 heavy (non-hydrogen) atoms. The molecule has 1 aliphatic heterocycles. The lowest BCUT2D eigenvalue weighted by molar-refractivity contribution is -0.142. The van der Waals surface area contributed by atoms with Gasteiger partial charge in [-0.05, 0) is 36.6 Å². The van der Waals surface area contributed by atoms with Gasteiger partial charge in [-0.15, -0.1) is 11.3 Å². The third-order valence-electron chi connectivity index (χ3n) is 4.42. The highest BCUT2D eigenvalue weighted by Gasteiger charge is 2.44. The molecule has 1 saturated carbocycles. The number of carboxylic acids is 1. The Morgan fingerprint density at radius 3 is 3.00 bits per heavy atom. The number of nitrogens with zero attached hydrogens (tertiary/aromatic N) is 1. The van der Waals surface area contributed by atoms with Gasteiger partial charge in [0.05, 0.1) is 0 Å². The van der Waals surface area contributed by atoms with Crippen molar-refractivity contribution < 1.29 is 9.90 Å². The number of carbonyl (C=O) groups is 1. The van der Waals surface area contributed by atoms with Gasteiger partial charge in [0.2, 0.25) is 0 Å². The molecule has 1 aromatic heterocycles. The van der Waals surface area contributed by atoms with Crippen LogP contribution >= 0.6 is 11.3 Å². The normalized spacial score (nSPS) is 32.3. The minimum absolute atomic E-state index is 0.264. The number of rotatable bonds is 3. The number of hydrogen-bond donors (Lipinski definition) is 1. The Morgan fingerprint density at radius 2 is 2.28 bits per heavy atom. The molecule has 2 fully saturated rings. The Morgan fingerprint density at radius 1 is 1.44 bits per heavy atom. The molecule has 2 aliphatic rings. The molecule has 1 aromatic rings. The van der Waals surface area contributed by atoms with Gasteiger partial charge in [0.1, 0.15) is 6.04 Å². The molecule has 3 atom stereocenters. The minimum atomic E-state index is -0.638. The Bertz CT molecular complexity index is 417. The number of aliphatic carboxylic acids is 1. The van der Waals surface area contributed by atoms with Gasteiger partial charge < -0.3 is 5.11 Å². The zero-order valence-corrected chi connectivity index (χ0v) is 11.2. The van der Waals surface area contributed by atoms with E-state index >= 15 is 0 Å². The molecule has 1 aliphatic carbocycles. The summed E-state index contributed by atoms with van der Waals surface area (Å²) in [5.74, 6) is -0.0271. The Labute approximate surface area is 111 Å². The summed E-state index contributed by atoms with van der Waals surface area (Å²) in [6.45, 7) is 0.815. The first-order valence-electron chi connectivity index (χ1n) is 6.76. The summed E-state index contributed by atoms with van der Waals surface area (Å²) >= 11 is 1.73. The Kier molecular flexibility index (Phi) is 3.39. The summed E-state index contributed by atoms with van der Waals surface area (Å²) in [6, 6.07) is 4.39. The van der Waals surface area contributed by atoms with E-state index in [4.69, 9.17) is 0 Å². The molecular weight excluding hydrogens is 246 g/mol. The maximum Gasteiger partial charge on any atom is 0.320 e. The molecule has 0 bridgehead atoms. The maximum atomic E-state index is 11.4. The van der Waals surface area contributed by atoms with Gasteiger partial charge in [0.15, 0.2) is 0 Å². The number of fused-ring (bicyclic) bond motifs is 1. The molecule has 1 saturated heterocycles. The lowest BCUT2D eigenvalue weighted by Crippen LogP contribution is -2.41. The third kappa shape index (κ3) is 2.19. The molecular formula is C14H19NO2S. The van der Waals surface area contributed by atoms with E-state index in [-0.39, 0.29) is 6.04 Å². The topological polar surface area (TPSA) is 40.5 Å². The van der Waals surface area contributed by atoms with E-state index in [1.54, 1.807) is 11.3 Å². The van der Waals surface area contributed by atoms with Crippen LogP contribution in [0.4, 0.5) is 0 Å². The molecule has 0 amide bonds. The van der Waals surface area contributed by atoms with Gasteiger partial charge >= 0.3 is 5.97 Å². The number of hydrogen-bond acceptors (Lipinski definition) is 3. The Balaban J connectivity index is 1.80. The molecule has 0 radical (unpaired) electrons. The monoisotopic (exact) mass is 265 g/mol. The summed E-state index contributed by atoms with van der Waals surface area (Å²) in [5.41, 5.74) is 0. The van der Waals surface area contributed by atoms with E-state index in [2.05, 4.69) is 16.3 Å². The Hall–Kier alpha value is -0.870. The lowest BCUT2D eigenvalue weighted by Gasteiger charge is -2.32. The molecule has 3 unspecified atom stereocenters. The smallest absolute Gasteiger partial charge is 0.320 e. The summed E-state index contributed by atoms with van der Waals surface area (Å²) in [5, 5.41) is 11.5. The molecule has 1 N–H and O–H groups in total. The summed E-state index contributed by atoms with van der Waals surface area (Å²) in [7, 11) is 0. The average Bonchev–Trinajstić information content (AvgIpc) is 2.98. The van der Waals surface area contributed by atoms with Crippen molar-refractivity contribution in [2.45, 2.75) is 50.7 Å². The van der Waals surface area contributed by atoms with E-state index in [1.165, 1.54) is 30.6 Å². The average molecular weight is 265 g/mol. The predicted octanol–water partition coefficient (Wildman–Crippen LogP) is 2.97. The standard InChI is InChI=1S/C14H19NO2S/c16-14(17)13-8-10-4-1-2-6-12(10)15(13)9-11-5-3-7-18-11/h3,5,7,10,12-13H,1-2,4,6,8-9H2,(H,16,17). The van der Waals surface area contributed by atoms with Crippen LogP contribution in [0.2, 0.25) is 0 Å². The van der Waals surface area contributed by atoms with E-state index in [0.29, 0.717) is 12.0 Å². The molecule has 4 heteroatoms. The third-order valence-corrected chi connectivity index (χ3v) is 5.29. The zero-order chi connectivity index (χ0) is 12.5. The number of carboxylic acid groups (broad SMARTS) is 1. The van der Waals surface area contributed by atoms with Crippen molar-refractivity contribution in [2.24, 2.45) is 5.92 Å². The van der Waals surface area contributed by atoms with Crippen molar-refractivity contribution in [3.8, 4) is 0 Å². The van der Waals surface area contributed by atoms with Crippen molar-refractivity contribution in [3.05, 3.63) is 22.4 Å². The highest BCUT2D eigenvalue weighted by molar-refractivity contribution is 7.09. The highest BCUT2D eigenvalue weighted by atomic mass is 32.1. The van der Waals surface area contributed by atoms with Gasteiger partial charge in [0, 0.05) is 17.5 Å². The summed E-state index contributed by atoms with van der Waals surface area (Å²) in [4.78, 5) is 15.0. The van der Waals surface area contributed by atoms with Crippen LogP contribution < -0.4 is 0 Å². The summed E-state index contributed by atoms with van der Waals surface area (Å²) in [6.07, 6.45) is 5.79. The van der Waals surface area contributed by atoms with Crippen LogP contribution in [-0.4, -0.2) is 28.1 Å². The molecule has 98 valence electrons. The summed E-state index contributed by atoms with van der Waals surface area (Å²) < 4.78 is 0. The second-order valence-corrected chi connectivity index (χ2v) is 6.49. The lowest BCUT2D eigenvalue weighted by atomic mass is 9.85. The van der Waals surface area contributed by atoms with Crippen LogP contribution in [0, 0.1) is 5.92 Å². The van der Waals surface area contributed by atoms with Crippen molar-refractivity contribution in [2.75, 3.05) is 0 Å². The van der Waals surface area contributed by atoms with Gasteiger partial charge in [0.25, 0.3) is 0 Å². The van der Waals surface area contributed by atoms with Gasteiger partial charge in [-0.2, -0.15) is 0 Å². The quantitative estimate of drug-likeness (QED) is 0.913. The largest absolute Gasteiger partial charge is 0.480 e. The predicted molar refractivity (Wildman–Crippen MR) is 71.6 cm³/mol. The van der Waals surface area contributed by atoms with E-state index < -0.39 is 5.97 Å². The van der Waals surface area contributed by atoms with E-state index in [0.717, 1.165) is 13.0 Å². The van der Waals surface area contributed by atoms with Crippen LogP contribution in [0.15, 0.2) is 17.5 Å². The fraction of sp³-hybridized carbons (Fsp3) is 0.643. The number of thiophene rings is 1. The van der Waals surface area contributed by atoms with Crippen LogP contribution in [0.5, 0.6) is 0 Å². The first-order chi connectivity index (χ1) is 8.75. The maximum absolute atomic E-state index is 11.4. The second kappa shape index (κ2) is 5.02. The molecule has 0 aromatic carbocycles. The fourth-order valence-corrected chi connectivity index (χ4v) is 4.32. The van der Waals surface area contributed by atoms with Crippen molar-refractivity contribution >= 4 is 17.3 Å². The van der Waals surface area contributed by atoms with E-state index in [9.17, 15) is 9.90 Å². The van der Waals surface area contributed by atoms with E-state index in [1.807, 2.05) is 6.07 Å². The SMILES string of the molecule is O=C(O)C1CC2CCCCC2N1Cc1cccs1. The minimum Gasteiger partial charge on any atom is -0.480 e. The molecule has 0 spiro atoms. The van der Waals surface area contributed by atoms with Crippen molar-refractivity contribution in [1.82, 2.24) is 4.90 Å². The first kappa shape index (κ1) is 12.2. The second-order valence-electron chi connectivity index (χ2n) is 5.45. The molecule has 3 nitrogen and oxygen atoms in total. The fourth-order valence-electron chi connectivity index (χ4n) is 3.61. The van der Waals surface area contributed by atoms with Crippen LogP contribution in [-0.2, 0) is 11.3 Å². The number of likely N-dealkylation sites (tertiary alicyclic amines) is 1. The van der Waals surface area contributed by atoms with Crippen molar-refractivity contribution in [3.63, 3.8) is 0 Å². The van der Waals surface area contributed by atoms with Gasteiger partial charge in [-0.3, -0.25) is 9.69 Å². The molecule has 2 heterocycles. The van der Waals surface area contributed by atoms with Gasteiger partial charge in [-0.1, -0.05) is 18.9 Å². The van der Waals surface area contributed by atoms with Crippen LogP contribution in [0.25, 0.3) is 0 Å². The molecule has 3 rings (SSSR count). The van der Waals surface area contributed by atoms with Gasteiger partial charge in [-0.25, -0.2) is 0 Å². The zero-order valence-electron chi connectivity index (χ0n) is 10.4. The van der Waals surface area contributed by atoms with Crippen LogP contribution in [0.1, 0.15) is 37.0 Å².